The van der Waals surface area contributed by atoms with Crippen LogP contribution in [0.4, 0.5) is 0 Å². The van der Waals surface area contributed by atoms with E-state index in [4.69, 9.17) is 22.3 Å². The number of nitrogens with two attached hydrogens (primary N) is 3. The van der Waals surface area contributed by atoms with Crippen LogP contribution >= 0.6 is 0 Å². The fraction of sp³-hybridized carbons (Fsp3) is 0.750. The van der Waals surface area contributed by atoms with E-state index in [1.54, 1.807) is 6.92 Å². The van der Waals surface area contributed by atoms with E-state index in [1.165, 1.54) is 6.92 Å². The van der Waals surface area contributed by atoms with Gasteiger partial charge >= 0.3 is 5.97 Å². The van der Waals surface area contributed by atoms with Crippen LogP contribution in [0.3, 0.4) is 0 Å². The van der Waals surface area contributed by atoms with Crippen LogP contribution in [-0.4, -0.2) is 65.4 Å². The van der Waals surface area contributed by atoms with Crippen molar-refractivity contribution >= 4 is 29.6 Å². The second-order valence-corrected chi connectivity index (χ2v) is 7.90. The van der Waals surface area contributed by atoms with Gasteiger partial charge in [0.2, 0.25) is 23.6 Å². The van der Waals surface area contributed by atoms with Crippen LogP contribution < -0.4 is 33.2 Å². The van der Waals surface area contributed by atoms with E-state index in [9.17, 15) is 24.0 Å². The fourth-order valence-electron chi connectivity index (χ4n) is 2.79. The summed E-state index contributed by atoms with van der Waals surface area (Å²) in [6.45, 7) is 5.31. The zero-order chi connectivity index (χ0) is 24.8. The number of aliphatic carboxylic acids is 1. The summed E-state index contributed by atoms with van der Waals surface area (Å²) in [6.07, 6.45) is 1.98. The summed E-state index contributed by atoms with van der Waals surface area (Å²) in [7, 11) is 0. The average Bonchev–Trinajstić information content (AvgIpc) is 2.73. The molecular weight excluding hydrogens is 420 g/mol. The predicted molar refractivity (Wildman–Crippen MR) is 118 cm³/mol. The Morgan fingerprint density at radius 2 is 1.53 bits per heavy atom. The van der Waals surface area contributed by atoms with Crippen LogP contribution in [0.1, 0.15) is 59.3 Å². The molecule has 4 amide bonds. The van der Waals surface area contributed by atoms with E-state index in [1.807, 2.05) is 6.92 Å². The lowest BCUT2D eigenvalue weighted by molar-refractivity contribution is -0.142. The van der Waals surface area contributed by atoms with Gasteiger partial charge in [0, 0.05) is 6.42 Å². The molecule has 0 aliphatic rings. The molecule has 0 radical (unpaired) electrons. The second-order valence-electron chi connectivity index (χ2n) is 7.90. The zero-order valence-corrected chi connectivity index (χ0v) is 19.1. The van der Waals surface area contributed by atoms with Gasteiger partial charge in [-0.15, -0.1) is 0 Å². The molecule has 0 rings (SSSR count). The summed E-state index contributed by atoms with van der Waals surface area (Å²) < 4.78 is 0. The number of rotatable bonds is 16. The van der Waals surface area contributed by atoms with Gasteiger partial charge in [-0.2, -0.15) is 0 Å². The average molecular weight is 459 g/mol. The minimum Gasteiger partial charge on any atom is -0.480 e. The quantitative estimate of drug-likeness (QED) is 0.132. The summed E-state index contributed by atoms with van der Waals surface area (Å²) in [5.41, 5.74) is 16.5. The number of carboxylic acid groups (broad SMARTS) is 1. The lowest BCUT2D eigenvalue weighted by atomic mass is 9.97. The van der Waals surface area contributed by atoms with Gasteiger partial charge < -0.3 is 38.3 Å². The molecule has 0 heterocycles. The molecule has 184 valence electrons. The van der Waals surface area contributed by atoms with Crippen molar-refractivity contribution in [3.63, 3.8) is 0 Å². The molecule has 32 heavy (non-hydrogen) atoms. The topological polar surface area (TPSA) is 220 Å². The molecule has 10 N–H and O–H groups in total. The fourth-order valence-corrected chi connectivity index (χ4v) is 2.79. The van der Waals surface area contributed by atoms with Crippen molar-refractivity contribution in [1.82, 2.24) is 16.0 Å². The Morgan fingerprint density at radius 1 is 0.906 bits per heavy atom. The van der Waals surface area contributed by atoms with E-state index in [0.717, 1.165) is 0 Å². The first kappa shape index (κ1) is 29.3. The third-order valence-electron chi connectivity index (χ3n) is 5.14. The number of carboxylic acids is 1. The summed E-state index contributed by atoms with van der Waals surface area (Å²) >= 11 is 0. The minimum absolute atomic E-state index is 0.0806. The third-order valence-corrected chi connectivity index (χ3v) is 5.14. The van der Waals surface area contributed by atoms with E-state index >= 15 is 0 Å². The van der Waals surface area contributed by atoms with Gasteiger partial charge in [-0.05, 0) is 38.6 Å². The molecule has 12 heteroatoms. The molecule has 0 aromatic rings. The monoisotopic (exact) mass is 458 g/mol. The van der Waals surface area contributed by atoms with Crippen LogP contribution in [0, 0.1) is 5.92 Å². The molecule has 0 saturated carbocycles. The van der Waals surface area contributed by atoms with Crippen molar-refractivity contribution in [3.8, 4) is 0 Å². The highest BCUT2D eigenvalue weighted by atomic mass is 16.4. The number of hydrogen-bond donors (Lipinski definition) is 7. The van der Waals surface area contributed by atoms with Gasteiger partial charge in [0.1, 0.15) is 18.1 Å². The number of hydrogen-bond acceptors (Lipinski definition) is 7. The van der Waals surface area contributed by atoms with Crippen LogP contribution in [-0.2, 0) is 24.0 Å². The summed E-state index contributed by atoms with van der Waals surface area (Å²) in [5.74, 6) is -4.14. The Labute approximate surface area is 188 Å². The maximum absolute atomic E-state index is 12.9. The largest absolute Gasteiger partial charge is 0.480 e. The molecule has 0 aromatic heterocycles. The minimum atomic E-state index is -1.22. The SMILES string of the molecule is CCC(C)C(NC(=O)C(CCC(N)=O)NC(=O)C(N)CCCCN)C(=O)NC(C)C(=O)O. The smallest absolute Gasteiger partial charge is 0.325 e. The number of nitrogens with one attached hydrogen (secondary N) is 3. The van der Waals surface area contributed by atoms with Gasteiger partial charge in [-0.1, -0.05) is 26.7 Å². The molecule has 5 atom stereocenters. The highest BCUT2D eigenvalue weighted by Gasteiger charge is 2.31. The van der Waals surface area contributed by atoms with E-state index in [0.29, 0.717) is 32.2 Å². The first-order chi connectivity index (χ1) is 14.9. The highest BCUT2D eigenvalue weighted by Crippen LogP contribution is 2.10. The number of unbranched alkanes of at least 4 members (excludes halogenated alkanes) is 1. The zero-order valence-electron chi connectivity index (χ0n) is 19.1. The highest BCUT2D eigenvalue weighted by molar-refractivity contribution is 5.94. The molecule has 0 aliphatic heterocycles. The van der Waals surface area contributed by atoms with Crippen molar-refractivity contribution < 1.29 is 29.1 Å². The van der Waals surface area contributed by atoms with Crippen LogP contribution in [0.25, 0.3) is 0 Å². The Kier molecular flexibility index (Phi) is 13.8. The van der Waals surface area contributed by atoms with Gasteiger partial charge in [0.25, 0.3) is 0 Å². The summed E-state index contributed by atoms with van der Waals surface area (Å²) in [5, 5.41) is 16.4. The van der Waals surface area contributed by atoms with Gasteiger partial charge in [0.15, 0.2) is 0 Å². The lowest BCUT2D eigenvalue weighted by Gasteiger charge is -2.27. The van der Waals surface area contributed by atoms with E-state index in [-0.39, 0.29) is 18.8 Å². The van der Waals surface area contributed by atoms with Crippen molar-refractivity contribution in [2.75, 3.05) is 6.54 Å². The standard InChI is InChI=1S/C20H38N6O6/c1-4-11(2)16(19(30)24-12(3)20(31)32)26-18(29)14(8-9-15(23)27)25-17(28)13(22)7-5-6-10-21/h11-14,16H,4-10,21-22H2,1-3H3,(H2,23,27)(H,24,30)(H,25,28)(H,26,29)(H,31,32). The predicted octanol–water partition coefficient (Wildman–Crippen LogP) is -1.69. The van der Waals surface area contributed by atoms with Gasteiger partial charge in [0.05, 0.1) is 6.04 Å². The number of primary amides is 1. The molecule has 0 spiro atoms. The molecule has 12 nitrogen and oxygen atoms in total. The van der Waals surface area contributed by atoms with Crippen molar-refractivity contribution in [3.05, 3.63) is 0 Å². The van der Waals surface area contributed by atoms with Gasteiger partial charge in [-0.25, -0.2) is 0 Å². The molecular formula is C20H38N6O6. The van der Waals surface area contributed by atoms with E-state index < -0.39 is 53.8 Å². The molecule has 0 aliphatic carbocycles. The van der Waals surface area contributed by atoms with Crippen LogP contribution in [0.2, 0.25) is 0 Å². The summed E-state index contributed by atoms with van der Waals surface area (Å²) in [4.78, 5) is 60.2. The number of amides is 4. The third kappa shape index (κ3) is 11.0. The Bertz CT molecular complexity index is 658. The molecule has 0 saturated heterocycles. The first-order valence-corrected chi connectivity index (χ1v) is 10.8. The number of carbonyl (C=O) groups excluding carboxylic acids is 4. The second kappa shape index (κ2) is 15.1. The van der Waals surface area contributed by atoms with Crippen LogP contribution in [0.5, 0.6) is 0 Å². The lowest BCUT2D eigenvalue weighted by Crippen LogP contribution is -2.58. The Balaban J connectivity index is 5.38. The maximum Gasteiger partial charge on any atom is 0.325 e. The van der Waals surface area contributed by atoms with Crippen LogP contribution in [0.15, 0.2) is 0 Å². The Hall–Kier alpha value is -2.73. The van der Waals surface area contributed by atoms with Gasteiger partial charge in [-0.3, -0.25) is 24.0 Å². The maximum atomic E-state index is 12.9. The molecule has 5 unspecified atom stereocenters. The van der Waals surface area contributed by atoms with E-state index in [2.05, 4.69) is 16.0 Å². The molecule has 0 bridgehead atoms. The van der Waals surface area contributed by atoms with Crippen molar-refractivity contribution in [1.29, 1.82) is 0 Å². The normalized spacial score (nSPS) is 15.5. The van der Waals surface area contributed by atoms with Crippen molar-refractivity contribution in [2.45, 2.75) is 83.5 Å². The van der Waals surface area contributed by atoms with Crippen molar-refractivity contribution in [2.24, 2.45) is 23.1 Å². The summed E-state index contributed by atoms with van der Waals surface area (Å²) in [6, 6.07) is -4.20. The first-order valence-electron chi connectivity index (χ1n) is 10.8. The number of carbonyl (C=O) groups is 5. The Morgan fingerprint density at radius 3 is 2.03 bits per heavy atom. The molecule has 0 aromatic carbocycles. The molecule has 0 fully saturated rings.